The predicted octanol–water partition coefficient (Wildman–Crippen LogP) is 3.57. The number of esters is 1. The predicted molar refractivity (Wildman–Crippen MR) is 105 cm³/mol. The van der Waals surface area contributed by atoms with E-state index in [4.69, 9.17) is 4.74 Å². The van der Waals surface area contributed by atoms with Crippen molar-refractivity contribution < 1.29 is 14.3 Å². The number of carbonyl (C=O) groups is 2. The van der Waals surface area contributed by atoms with E-state index in [9.17, 15) is 9.59 Å². The number of rotatable bonds is 5. The Morgan fingerprint density at radius 1 is 0.929 bits per heavy atom. The van der Waals surface area contributed by atoms with E-state index in [2.05, 4.69) is 10.3 Å². The van der Waals surface area contributed by atoms with Gasteiger partial charge in [-0.3, -0.25) is 4.79 Å². The highest BCUT2D eigenvalue weighted by molar-refractivity contribution is 6.07. The van der Waals surface area contributed by atoms with E-state index in [1.54, 1.807) is 36.7 Å². The Kier molecular flexibility index (Phi) is 4.84. The normalized spacial score (nSPS) is 10.6. The van der Waals surface area contributed by atoms with Crippen LogP contribution in [0, 0.1) is 0 Å². The number of aromatic nitrogens is 2. The third-order valence-corrected chi connectivity index (χ3v) is 4.30. The average molecular weight is 371 g/mol. The molecule has 4 aromatic rings. The Morgan fingerprint density at radius 3 is 2.46 bits per heavy atom. The SMILES string of the molecule is O=C(OCNC(=O)c1cn(-c2ccccn2)c2ccccc12)c1ccccc1. The molecule has 0 atom stereocenters. The molecular formula is C22H17N3O3. The lowest BCUT2D eigenvalue weighted by Crippen LogP contribution is -2.27. The van der Waals surface area contributed by atoms with Crippen LogP contribution in [0.25, 0.3) is 16.7 Å². The molecule has 1 amide bonds. The van der Waals surface area contributed by atoms with Crippen molar-refractivity contribution in [2.45, 2.75) is 0 Å². The van der Waals surface area contributed by atoms with Crippen LogP contribution in [0.1, 0.15) is 20.7 Å². The maximum absolute atomic E-state index is 12.7. The summed E-state index contributed by atoms with van der Waals surface area (Å²) in [5.74, 6) is -0.100. The molecule has 0 saturated carbocycles. The van der Waals surface area contributed by atoms with E-state index in [1.807, 2.05) is 53.1 Å². The molecule has 2 heterocycles. The highest BCUT2D eigenvalue weighted by Crippen LogP contribution is 2.24. The summed E-state index contributed by atoms with van der Waals surface area (Å²) in [6.45, 7) is -0.213. The molecular weight excluding hydrogens is 354 g/mol. The minimum atomic E-state index is -0.489. The molecule has 2 aromatic carbocycles. The zero-order valence-corrected chi connectivity index (χ0v) is 14.9. The Morgan fingerprint density at radius 2 is 1.68 bits per heavy atom. The maximum atomic E-state index is 12.7. The summed E-state index contributed by atoms with van der Waals surface area (Å²) in [4.78, 5) is 29.0. The molecule has 0 bridgehead atoms. The Labute approximate surface area is 161 Å². The van der Waals surface area contributed by atoms with Gasteiger partial charge >= 0.3 is 5.97 Å². The van der Waals surface area contributed by atoms with Gasteiger partial charge < -0.3 is 14.6 Å². The highest BCUT2D eigenvalue weighted by Gasteiger charge is 2.16. The summed E-state index contributed by atoms with van der Waals surface area (Å²) < 4.78 is 7.00. The first kappa shape index (κ1) is 17.5. The number of amides is 1. The molecule has 0 aliphatic heterocycles. The third-order valence-electron chi connectivity index (χ3n) is 4.30. The molecule has 0 saturated heterocycles. The number of hydrogen-bond donors (Lipinski definition) is 1. The molecule has 0 fully saturated rings. The minimum absolute atomic E-state index is 0.213. The molecule has 0 aliphatic carbocycles. The largest absolute Gasteiger partial charge is 0.441 e. The van der Waals surface area contributed by atoms with E-state index < -0.39 is 5.97 Å². The Bertz CT molecular complexity index is 1120. The van der Waals surface area contributed by atoms with Gasteiger partial charge in [0.15, 0.2) is 6.73 Å². The van der Waals surface area contributed by atoms with Gasteiger partial charge in [0, 0.05) is 17.8 Å². The minimum Gasteiger partial charge on any atom is -0.441 e. The van der Waals surface area contributed by atoms with Crippen LogP contribution in [0.5, 0.6) is 0 Å². The smallest absolute Gasteiger partial charge is 0.339 e. The van der Waals surface area contributed by atoms with E-state index in [-0.39, 0.29) is 12.6 Å². The van der Waals surface area contributed by atoms with Crippen LogP contribution in [-0.2, 0) is 4.74 Å². The number of carbonyl (C=O) groups excluding carboxylic acids is 2. The first-order chi connectivity index (χ1) is 13.7. The maximum Gasteiger partial charge on any atom is 0.339 e. The van der Waals surface area contributed by atoms with Crippen LogP contribution >= 0.6 is 0 Å². The van der Waals surface area contributed by atoms with Gasteiger partial charge in [-0.05, 0) is 30.3 Å². The summed E-state index contributed by atoms with van der Waals surface area (Å²) in [5.41, 5.74) is 1.79. The summed E-state index contributed by atoms with van der Waals surface area (Å²) in [6.07, 6.45) is 3.44. The Balaban J connectivity index is 1.52. The van der Waals surface area contributed by atoms with Gasteiger partial charge in [-0.2, -0.15) is 0 Å². The third kappa shape index (κ3) is 3.48. The van der Waals surface area contributed by atoms with Crippen LogP contribution in [0.4, 0.5) is 0 Å². The van der Waals surface area contributed by atoms with Crippen molar-refractivity contribution in [1.29, 1.82) is 0 Å². The average Bonchev–Trinajstić information content (AvgIpc) is 3.15. The fourth-order valence-corrected chi connectivity index (χ4v) is 2.97. The van der Waals surface area contributed by atoms with Crippen molar-refractivity contribution in [1.82, 2.24) is 14.9 Å². The molecule has 6 heteroatoms. The summed E-state index contributed by atoms with van der Waals surface area (Å²) in [6, 6.07) is 21.8. The lowest BCUT2D eigenvalue weighted by Gasteiger charge is -2.06. The number of benzene rings is 2. The van der Waals surface area contributed by atoms with Gasteiger partial charge in [-0.15, -0.1) is 0 Å². The molecule has 0 unspecified atom stereocenters. The van der Waals surface area contributed by atoms with Gasteiger partial charge in [0.25, 0.3) is 5.91 Å². The van der Waals surface area contributed by atoms with Gasteiger partial charge in [-0.1, -0.05) is 42.5 Å². The van der Waals surface area contributed by atoms with Crippen molar-refractivity contribution in [2.24, 2.45) is 0 Å². The molecule has 6 nitrogen and oxygen atoms in total. The number of para-hydroxylation sites is 1. The molecule has 0 radical (unpaired) electrons. The number of fused-ring (bicyclic) bond motifs is 1. The number of nitrogens with one attached hydrogen (secondary N) is 1. The van der Waals surface area contributed by atoms with Crippen LogP contribution in [0.2, 0.25) is 0 Å². The lowest BCUT2D eigenvalue weighted by molar-refractivity contribution is 0.0464. The zero-order chi connectivity index (χ0) is 19.3. The zero-order valence-electron chi connectivity index (χ0n) is 14.9. The highest BCUT2D eigenvalue weighted by atomic mass is 16.5. The second-order valence-corrected chi connectivity index (χ2v) is 6.07. The van der Waals surface area contributed by atoms with E-state index in [0.717, 1.165) is 10.9 Å². The number of nitrogens with zero attached hydrogens (tertiary/aromatic N) is 2. The van der Waals surface area contributed by atoms with Crippen molar-refractivity contribution in [3.8, 4) is 5.82 Å². The Hall–Kier alpha value is -3.93. The molecule has 28 heavy (non-hydrogen) atoms. The summed E-state index contributed by atoms with van der Waals surface area (Å²) >= 11 is 0. The van der Waals surface area contributed by atoms with E-state index in [0.29, 0.717) is 16.9 Å². The van der Waals surface area contributed by atoms with Crippen molar-refractivity contribution in [2.75, 3.05) is 6.73 Å². The van der Waals surface area contributed by atoms with Crippen molar-refractivity contribution in [3.63, 3.8) is 0 Å². The van der Waals surface area contributed by atoms with Crippen LogP contribution in [0.15, 0.2) is 85.2 Å². The fraction of sp³-hybridized carbons (Fsp3) is 0.0455. The van der Waals surface area contributed by atoms with E-state index in [1.165, 1.54) is 0 Å². The molecule has 1 N–H and O–H groups in total. The van der Waals surface area contributed by atoms with Crippen LogP contribution in [0.3, 0.4) is 0 Å². The number of pyridine rings is 1. The quantitative estimate of drug-likeness (QED) is 0.430. The van der Waals surface area contributed by atoms with Gasteiger partial charge in [0.2, 0.25) is 0 Å². The summed E-state index contributed by atoms with van der Waals surface area (Å²) in [5, 5.41) is 3.43. The van der Waals surface area contributed by atoms with Crippen molar-refractivity contribution >= 4 is 22.8 Å². The first-order valence-corrected chi connectivity index (χ1v) is 8.76. The molecule has 2 aromatic heterocycles. The number of hydrogen-bond acceptors (Lipinski definition) is 4. The van der Waals surface area contributed by atoms with Crippen LogP contribution in [-0.4, -0.2) is 28.2 Å². The van der Waals surface area contributed by atoms with Crippen molar-refractivity contribution in [3.05, 3.63) is 96.3 Å². The van der Waals surface area contributed by atoms with Gasteiger partial charge in [-0.25, -0.2) is 9.78 Å². The van der Waals surface area contributed by atoms with Crippen LogP contribution < -0.4 is 5.32 Å². The topological polar surface area (TPSA) is 73.2 Å². The molecule has 138 valence electrons. The van der Waals surface area contributed by atoms with Gasteiger partial charge in [0.05, 0.1) is 16.6 Å². The molecule has 0 aliphatic rings. The first-order valence-electron chi connectivity index (χ1n) is 8.76. The second-order valence-electron chi connectivity index (χ2n) is 6.07. The lowest BCUT2D eigenvalue weighted by atomic mass is 10.1. The standard InChI is InChI=1S/C22H17N3O3/c26-21(24-15-28-22(27)16-8-2-1-3-9-16)18-14-25(20-12-6-7-13-23-20)19-11-5-4-10-17(18)19/h1-14H,15H2,(H,24,26). The molecule has 0 spiro atoms. The second kappa shape index (κ2) is 7.75. The molecule has 4 rings (SSSR count). The van der Waals surface area contributed by atoms with Gasteiger partial charge in [0.1, 0.15) is 5.82 Å². The number of ether oxygens (including phenoxy) is 1. The summed E-state index contributed by atoms with van der Waals surface area (Å²) in [7, 11) is 0. The monoisotopic (exact) mass is 371 g/mol. The fourth-order valence-electron chi connectivity index (χ4n) is 2.97. The van der Waals surface area contributed by atoms with E-state index >= 15 is 0 Å².